The second kappa shape index (κ2) is 7.60. The van der Waals surface area contributed by atoms with Gasteiger partial charge in [0.05, 0.1) is 15.6 Å². The van der Waals surface area contributed by atoms with Gasteiger partial charge >= 0.3 is 6.18 Å². The van der Waals surface area contributed by atoms with E-state index in [1.807, 2.05) is 0 Å². The molecule has 5 nitrogen and oxygen atoms in total. The van der Waals surface area contributed by atoms with Crippen molar-refractivity contribution in [1.82, 2.24) is 14.5 Å². The molecule has 1 N–H and O–H groups in total. The summed E-state index contributed by atoms with van der Waals surface area (Å²) in [5.41, 5.74) is -0.851. The third kappa shape index (κ3) is 4.47. The molecule has 1 heterocycles. The molecular formula is C16H15ClF5N3O2S. The van der Waals surface area contributed by atoms with E-state index in [-0.39, 0.29) is 25.4 Å². The Balaban J connectivity index is 1.66. The van der Waals surface area contributed by atoms with Crippen LogP contribution in [0, 0.1) is 11.6 Å². The van der Waals surface area contributed by atoms with Crippen LogP contribution in [-0.2, 0) is 22.7 Å². The van der Waals surface area contributed by atoms with Gasteiger partial charge in [-0.3, -0.25) is 4.68 Å². The summed E-state index contributed by atoms with van der Waals surface area (Å²) in [7, 11) is -4.09. The van der Waals surface area contributed by atoms with Crippen molar-refractivity contribution in [2.45, 2.75) is 42.8 Å². The van der Waals surface area contributed by atoms with Gasteiger partial charge in [0.2, 0.25) is 10.0 Å². The number of hydrogen-bond acceptors (Lipinski definition) is 3. The zero-order valence-electron chi connectivity index (χ0n) is 14.2. The Bertz CT molecular complexity index is 987. The lowest BCUT2D eigenvalue weighted by Crippen LogP contribution is -2.26. The first kappa shape index (κ1) is 21.0. The number of benzene rings is 1. The maximum Gasteiger partial charge on any atom is 0.436 e. The minimum absolute atomic E-state index is 0.0158. The van der Waals surface area contributed by atoms with Crippen molar-refractivity contribution in [3.8, 4) is 0 Å². The molecule has 28 heavy (non-hydrogen) atoms. The van der Waals surface area contributed by atoms with E-state index in [0.29, 0.717) is 30.7 Å². The molecule has 0 saturated heterocycles. The second-order valence-corrected chi connectivity index (χ2v) is 8.52. The van der Waals surface area contributed by atoms with Gasteiger partial charge in [0.25, 0.3) is 0 Å². The Morgan fingerprint density at radius 1 is 1.21 bits per heavy atom. The first-order valence-electron chi connectivity index (χ1n) is 8.29. The molecule has 3 rings (SSSR count). The number of alkyl halides is 3. The predicted octanol–water partition coefficient (Wildman–Crippen LogP) is 4.08. The topological polar surface area (TPSA) is 64.0 Å². The van der Waals surface area contributed by atoms with Crippen molar-refractivity contribution >= 4 is 21.6 Å². The summed E-state index contributed by atoms with van der Waals surface area (Å²) in [6.45, 7) is -0.119. The SMILES string of the molecule is O=S(=O)(NCCCn1nc(C(F)(F)F)c(Cl)c1C1CC1)c1ccc(F)c(F)c1. The number of aryl methyl sites for hydroxylation is 1. The van der Waals surface area contributed by atoms with Crippen molar-refractivity contribution < 1.29 is 30.4 Å². The van der Waals surface area contributed by atoms with Crippen molar-refractivity contribution in [3.63, 3.8) is 0 Å². The van der Waals surface area contributed by atoms with Crippen LogP contribution in [0.2, 0.25) is 5.02 Å². The van der Waals surface area contributed by atoms with Crippen molar-refractivity contribution in [1.29, 1.82) is 0 Å². The first-order chi connectivity index (χ1) is 13.0. The lowest BCUT2D eigenvalue weighted by molar-refractivity contribution is -0.141. The minimum atomic E-state index is -4.68. The fourth-order valence-electron chi connectivity index (χ4n) is 2.71. The molecule has 1 aromatic heterocycles. The number of sulfonamides is 1. The van der Waals surface area contributed by atoms with Gasteiger partial charge in [0.1, 0.15) is 0 Å². The maximum absolute atomic E-state index is 13.2. The first-order valence-corrected chi connectivity index (χ1v) is 10.1. The van der Waals surface area contributed by atoms with Gasteiger partial charge in [0, 0.05) is 19.0 Å². The highest BCUT2D eigenvalue weighted by molar-refractivity contribution is 7.89. The Kier molecular flexibility index (Phi) is 5.70. The molecule has 0 unspecified atom stereocenters. The summed E-state index contributed by atoms with van der Waals surface area (Å²) >= 11 is 5.86. The van der Waals surface area contributed by atoms with E-state index in [2.05, 4.69) is 9.82 Å². The molecule has 0 aliphatic heterocycles. The largest absolute Gasteiger partial charge is 0.436 e. The molecule has 2 aromatic rings. The summed E-state index contributed by atoms with van der Waals surface area (Å²) in [5, 5.41) is 3.13. The van der Waals surface area contributed by atoms with Crippen LogP contribution in [0.1, 0.15) is 36.6 Å². The molecule has 0 radical (unpaired) electrons. The van der Waals surface area contributed by atoms with Crippen molar-refractivity contribution in [2.75, 3.05) is 6.54 Å². The number of nitrogens with zero attached hydrogens (tertiary/aromatic N) is 2. The summed E-state index contributed by atoms with van der Waals surface area (Å²) in [6, 6.07) is 2.15. The molecule has 0 bridgehead atoms. The van der Waals surface area contributed by atoms with Gasteiger partial charge < -0.3 is 0 Å². The van der Waals surface area contributed by atoms with Crippen LogP contribution in [0.3, 0.4) is 0 Å². The fraction of sp³-hybridized carbons (Fsp3) is 0.438. The Morgan fingerprint density at radius 2 is 1.89 bits per heavy atom. The van der Waals surface area contributed by atoms with E-state index in [1.165, 1.54) is 0 Å². The second-order valence-electron chi connectivity index (χ2n) is 6.37. The molecule has 0 spiro atoms. The number of hydrogen-bond donors (Lipinski definition) is 1. The van der Waals surface area contributed by atoms with Crippen molar-refractivity contribution in [2.24, 2.45) is 0 Å². The van der Waals surface area contributed by atoms with Gasteiger partial charge in [-0.25, -0.2) is 21.9 Å². The van der Waals surface area contributed by atoms with E-state index < -0.39 is 43.4 Å². The van der Waals surface area contributed by atoms with Crippen LogP contribution in [0.15, 0.2) is 23.1 Å². The number of rotatable bonds is 7. The highest BCUT2D eigenvalue weighted by Gasteiger charge is 2.41. The quantitative estimate of drug-likeness (QED) is 0.518. The Labute approximate surface area is 162 Å². The van der Waals surface area contributed by atoms with E-state index in [0.717, 1.165) is 10.7 Å². The molecule has 0 atom stereocenters. The van der Waals surface area contributed by atoms with Gasteiger partial charge in [0.15, 0.2) is 17.3 Å². The van der Waals surface area contributed by atoms with Crippen LogP contribution < -0.4 is 4.72 Å². The smallest absolute Gasteiger partial charge is 0.267 e. The van der Waals surface area contributed by atoms with E-state index in [9.17, 15) is 30.4 Å². The van der Waals surface area contributed by atoms with Crippen LogP contribution in [0.4, 0.5) is 22.0 Å². The summed E-state index contributed by atoms with van der Waals surface area (Å²) in [6.07, 6.45) is -3.13. The average Bonchev–Trinajstić information content (AvgIpc) is 3.36. The third-order valence-electron chi connectivity index (χ3n) is 4.20. The molecule has 154 valence electrons. The minimum Gasteiger partial charge on any atom is -0.267 e. The standard InChI is InChI=1S/C16H15ClF5N3O2S/c17-13-14(9-2-3-9)25(24-15(13)16(20,21)22)7-1-6-23-28(26,27)10-4-5-11(18)12(19)8-10/h4-5,8-9,23H,1-3,6-7H2. The summed E-state index contributed by atoms with van der Waals surface area (Å²) in [4.78, 5) is -0.452. The fourth-order valence-corrected chi connectivity index (χ4v) is 4.20. The number of nitrogens with one attached hydrogen (secondary N) is 1. The molecule has 1 aromatic carbocycles. The van der Waals surface area contributed by atoms with Crippen LogP contribution in [0.5, 0.6) is 0 Å². The van der Waals surface area contributed by atoms with E-state index in [4.69, 9.17) is 11.6 Å². The van der Waals surface area contributed by atoms with Crippen LogP contribution in [-0.4, -0.2) is 24.7 Å². The highest BCUT2D eigenvalue weighted by atomic mass is 35.5. The summed E-state index contributed by atoms with van der Waals surface area (Å²) < 4.78 is 92.7. The molecule has 1 aliphatic rings. The zero-order chi connectivity index (χ0) is 20.7. The van der Waals surface area contributed by atoms with Crippen molar-refractivity contribution in [3.05, 3.63) is 46.2 Å². The van der Waals surface area contributed by atoms with Crippen LogP contribution >= 0.6 is 11.6 Å². The molecular weight excluding hydrogens is 429 g/mol. The van der Waals surface area contributed by atoms with Gasteiger partial charge in [-0.15, -0.1) is 0 Å². The lowest BCUT2D eigenvalue weighted by atomic mass is 10.2. The molecule has 1 fully saturated rings. The monoisotopic (exact) mass is 443 g/mol. The molecule has 12 heteroatoms. The maximum atomic E-state index is 13.2. The van der Waals surface area contributed by atoms with E-state index >= 15 is 0 Å². The average molecular weight is 444 g/mol. The lowest BCUT2D eigenvalue weighted by Gasteiger charge is -2.09. The van der Waals surface area contributed by atoms with Gasteiger partial charge in [-0.05, 0) is 37.5 Å². The molecule has 1 aliphatic carbocycles. The number of aromatic nitrogens is 2. The molecule has 0 amide bonds. The third-order valence-corrected chi connectivity index (χ3v) is 6.04. The Morgan fingerprint density at radius 3 is 2.46 bits per heavy atom. The van der Waals surface area contributed by atoms with Gasteiger partial charge in [-0.2, -0.15) is 18.3 Å². The van der Waals surface area contributed by atoms with E-state index in [1.54, 1.807) is 0 Å². The highest BCUT2D eigenvalue weighted by Crippen LogP contribution is 2.46. The summed E-state index contributed by atoms with van der Waals surface area (Å²) in [5.74, 6) is -2.57. The molecule has 1 saturated carbocycles. The zero-order valence-corrected chi connectivity index (χ0v) is 15.8. The van der Waals surface area contributed by atoms with Crippen LogP contribution in [0.25, 0.3) is 0 Å². The normalized spacial score (nSPS) is 15.2. The Hall–Kier alpha value is -1.72. The van der Waals surface area contributed by atoms with Gasteiger partial charge in [-0.1, -0.05) is 11.6 Å². The number of halogens is 6. The predicted molar refractivity (Wildman–Crippen MR) is 90.4 cm³/mol.